The number of aryl methyl sites for hydroxylation is 2. The zero-order chi connectivity index (χ0) is 47.0. The lowest BCUT2D eigenvalue weighted by Crippen LogP contribution is -2.51. The molecule has 5 saturated heterocycles. The second kappa shape index (κ2) is 17.8. The van der Waals surface area contributed by atoms with Gasteiger partial charge in [0, 0.05) is 106 Å². The molecule has 3 N–H and O–H groups in total. The van der Waals surface area contributed by atoms with Crippen LogP contribution in [0, 0.1) is 17.2 Å². The van der Waals surface area contributed by atoms with Gasteiger partial charge in [-0.25, -0.2) is 4.39 Å². The molecule has 2 bridgehead atoms. The van der Waals surface area contributed by atoms with Gasteiger partial charge < -0.3 is 29.9 Å². The van der Waals surface area contributed by atoms with Crippen LogP contribution in [0.5, 0.6) is 11.8 Å². The fourth-order valence-electron chi connectivity index (χ4n) is 12.2. The summed E-state index contributed by atoms with van der Waals surface area (Å²) in [4.78, 5) is 49.0. The van der Waals surface area contributed by atoms with Crippen molar-refractivity contribution < 1.29 is 23.8 Å². The number of piperazine rings is 2. The van der Waals surface area contributed by atoms with Crippen LogP contribution in [0.3, 0.4) is 0 Å². The van der Waals surface area contributed by atoms with Crippen LogP contribution < -0.4 is 25.2 Å². The lowest BCUT2D eigenvalue weighted by Gasteiger charge is -2.40. The summed E-state index contributed by atoms with van der Waals surface area (Å²) in [6, 6.07) is 16.7. The molecule has 3 atom stereocenters. The lowest BCUT2D eigenvalue weighted by molar-refractivity contribution is -0.134. The fourth-order valence-corrected chi connectivity index (χ4v) is 12.2. The van der Waals surface area contributed by atoms with Crippen LogP contribution in [0.1, 0.15) is 75.5 Å². The minimum absolute atomic E-state index is 0.0276. The number of halogens is 1. The number of fused-ring (bicyclic) bond motifs is 5. The average molecular weight is 936 g/mol. The van der Waals surface area contributed by atoms with E-state index in [2.05, 4.69) is 55.4 Å². The number of hydrogen-bond acceptors (Lipinski definition) is 13. The van der Waals surface area contributed by atoms with Crippen molar-refractivity contribution in [2.45, 2.75) is 82.7 Å². The monoisotopic (exact) mass is 935 g/mol. The summed E-state index contributed by atoms with van der Waals surface area (Å²) in [7, 11) is 1.93. The molecule has 0 radical (unpaired) electrons. The Morgan fingerprint density at radius 3 is 2.43 bits per heavy atom. The Balaban J connectivity index is 0.687. The second-order valence-electron chi connectivity index (χ2n) is 20.9. The number of aromatic hydroxyl groups is 1. The first-order chi connectivity index (χ1) is 33.6. The van der Waals surface area contributed by atoms with Gasteiger partial charge in [-0.05, 0) is 117 Å². The van der Waals surface area contributed by atoms with E-state index >= 15 is 4.39 Å². The third kappa shape index (κ3) is 8.51. The van der Waals surface area contributed by atoms with Crippen LogP contribution in [0.4, 0.5) is 15.9 Å². The maximum absolute atomic E-state index is 17.2. The van der Waals surface area contributed by atoms with Crippen molar-refractivity contribution in [2.75, 3.05) is 81.9 Å². The molecular formula is C53H62FN11O4. The molecule has 1 saturated carbocycles. The highest BCUT2D eigenvalue weighted by Gasteiger charge is 2.46. The number of nitrogens with zero attached hydrogens (tertiary/aromatic N) is 9. The number of likely N-dealkylation sites (tertiary alicyclic amines) is 1. The molecule has 6 fully saturated rings. The van der Waals surface area contributed by atoms with Gasteiger partial charge in [0.1, 0.15) is 22.8 Å². The van der Waals surface area contributed by atoms with Crippen molar-refractivity contribution in [3.63, 3.8) is 0 Å². The van der Waals surface area contributed by atoms with E-state index in [-0.39, 0.29) is 40.2 Å². The summed E-state index contributed by atoms with van der Waals surface area (Å²) >= 11 is 0. The molecule has 0 spiro atoms. The van der Waals surface area contributed by atoms with E-state index in [0.29, 0.717) is 54.2 Å². The van der Waals surface area contributed by atoms with Crippen LogP contribution in [-0.2, 0) is 23.1 Å². The third-order valence-corrected chi connectivity index (χ3v) is 16.3. The maximum atomic E-state index is 17.2. The minimum atomic E-state index is -0.533. The zero-order valence-electron chi connectivity index (χ0n) is 39.7. The quantitative estimate of drug-likeness (QED) is 0.118. The van der Waals surface area contributed by atoms with E-state index in [9.17, 15) is 14.7 Å². The summed E-state index contributed by atoms with van der Waals surface area (Å²) in [5.41, 5.74) is 4.92. The van der Waals surface area contributed by atoms with E-state index in [1.54, 1.807) is 18.3 Å². The first-order valence-electron chi connectivity index (χ1n) is 25.3. The number of benzene rings is 3. The van der Waals surface area contributed by atoms with Gasteiger partial charge in [-0.3, -0.25) is 29.5 Å². The van der Waals surface area contributed by atoms with Crippen molar-refractivity contribution in [3.05, 3.63) is 71.8 Å². The van der Waals surface area contributed by atoms with E-state index < -0.39 is 11.7 Å². The fraction of sp³-hybridized carbons (Fsp3) is 0.509. The number of pyridine rings is 1. The average Bonchev–Trinajstić information content (AvgIpc) is 3.93. The molecule has 5 aliphatic heterocycles. The number of amides is 2. The highest BCUT2D eigenvalue weighted by Crippen LogP contribution is 2.47. The van der Waals surface area contributed by atoms with Crippen molar-refractivity contribution in [3.8, 4) is 23.0 Å². The van der Waals surface area contributed by atoms with Crippen molar-refractivity contribution in [2.24, 2.45) is 18.4 Å². The molecular weight excluding hydrogens is 874 g/mol. The Morgan fingerprint density at radius 2 is 1.68 bits per heavy atom. The zero-order valence-corrected chi connectivity index (χ0v) is 39.7. The number of carbonyl (C=O) groups excluding carboxylic acids is 2. The SMILES string of the molecule is CCc1cccc2cc(O)cc(-c3ncc4c(N5CC6CCC(C5)N6)nc(OCC5(CN6CCC(CN7CCN(c8ccc9c(C%10CCC(=O)NC%10=O)nn(C)c9c8)CC7)CC6)CC5)nc4c3F)c12. The first kappa shape index (κ1) is 44.3. The first-order valence-corrected chi connectivity index (χ1v) is 25.3. The number of aromatic nitrogens is 5. The van der Waals surface area contributed by atoms with Gasteiger partial charge in [-0.15, -0.1) is 0 Å². The van der Waals surface area contributed by atoms with Crippen molar-refractivity contribution in [1.82, 2.24) is 45.2 Å². The molecule has 6 aromatic rings. The topological polar surface area (TPSA) is 157 Å². The Hall–Kier alpha value is -5.97. The van der Waals surface area contributed by atoms with Gasteiger partial charge in [-0.1, -0.05) is 25.1 Å². The molecule has 2 amide bonds. The molecule has 1 aliphatic carbocycles. The van der Waals surface area contributed by atoms with Crippen LogP contribution in [-0.4, -0.2) is 136 Å². The Bertz CT molecular complexity index is 2970. The highest BCUT2D eigenvalue weighted by atomic mass is 19.1. The molecule has 3 aromatic heterocycles. The summed E-state index contributed by atoms with van der Waals surface area (Å²) in [6.45, 7) is 12.3. The molecule has 16 heteroatoms. The number of phenols is 1. The maximum Gasteiger partial charge on any atom is 0.319 e. The molecule has 6 aliphatic rings. The summed E-state index contributed by atoms with van der Waals surface area (Å²) in [5, 5.41) is 25.0. The Morgan fingerprint density at radius 1 is 0.884 bits per heavy atom. The van der Waals surface area contributed by atoms with E-state index in [4.69, 9.17) is 24.8 Å². The van der Waals surface area contributed by atoms with Gasteiger partial charge in [0.15, 0.2) is 5.82 Å². The third-order valence-electron chi connectivity index (χ3n) is 16.3. The van der Waals surface area contributed by atoms with Gasteiger partial charge in [0.25, 0.3) is 0 Å². The normalized spacial score (nSPS) is 23.4. The summed E-state index contributed by atoms with van der Waals surface area (Å²) in [6.07, 6.45) is 10.0. The Kier molecular flexibility index (Phi) is 11.4. The second-order valence-corrected chi connectivity index (χ2v) is 20.9. The van der Waals surface area contributed by atoms with Crippen LogP contribution in [0.15, 0.2) is 54.7 Å². The molecule has 3 aromatic carbocycles. The molecule has 360 valence electrons. The number of phenolic OH excluding ortho intramolecular Hbond substituents is 1. The Labute approximate surface area is 401 Å². The summed E-state index contributed by atoms with van der Waals surface area (Å²) < 4.78 is 25.6. The van der Waals surface area contributed by atoms with Gasteiger partial charge in [0.05, 0.1) is 29.1 Å². The number of carbonyl (C=O) groups is 2. The van der Waals surface area contributed by atoms with E-state index in [1.807, 2.05) is 29.9 Å². The summed E-state index contributed by atoms with van der Waals surface area (Å²) in [5.74, 6) is -0.00909. The number of nitrogens with one attached hydrogen (secondary N) is 2. The largest absolute Gasteiger partial charge is 0.508 e. The predicted molar refractivity (Wildman–Crippen MR) is 264 cm³/mol. The number of rotatable bonds is 12. The number of hydrogen-bond donors (Lipinski definition) is 3. The molecule has 3 unspecified atom stereocenters. The molecule has 15 nitrogen and oxygen atoms in total. The highest BCUT2D eigenvalue weighted by molar-refractivity contribution is 6.03. The minimum Gasteiger partial charge on any atom is -0.508 e. The number of piperidine rings is 2. The smallest absolute Gasteiger partial charge is 0.319 e. The lowest BCUT2D eigenvalue weighted by atomic mass is 9.93. The molecule has 12 rings (SSSR count). The van der Waals surface area contributed by atoms with E-state index in [1.165, 1.54) is 18.5 Å². The molecule has 8 heterocycles. The number of imide groups is 1. The van der Waals surface area contributed by atoms with Crippen molar-refractivity contribution >= 4 is 55.9 Å². The van der Waals surface area contributed by atoms with Crippen LogP contribution >= 0.6 is 0 Å². The van der Waals surface area contributed by atoms with E-state index in [0.717, 1.165) is 130 Å². The number of ether oxygens (including phenoxy) is 1. The van der Waals surface area contributed by atoms with Crippen LogP contribution in [0.25, 0.3) is 43.8 Å². The van der Waals surface area contributed by atoms with Gasteiger partial charge >= 0.3 is 6.01 Å². The van der Waals surface area contributed by atoms with Gasteiger partial charge in [0.2, 0.25) is 11.8 Å². The van der Waals surface area contributed by atoms with Gasteiger partial charge in [-0.2, -0.15) is 15.1 Å². The molecule has 69 heavy (non-hydrogen) atoms. The number of anilines is 2. The predicted octanol–water partition coefficient (Wildman–Crippen LogP) is 6.29. The van der Waals surface area contributed by atoms with Crippen LogP contribution in [0.2, 0.25) is 0 Å². The van der Waals surface area contributed by atoms with Crippen molar-refractivity contribution in [1.29, 1.82) is 0 Å². The standard InChI is InChI=1S/C53H62FN11O4/c1-3-33-5-4-6-34-23-38(66)25-41(45(33)34)48-46(54)49-42(26-55-48)50(65-28-35-7-8-36(29-65)56-35)59-52(58-49)69-31-53(15-16-53)30-63-17-13-32(14-18-63)27-62-19-21-64(22-20-62)37-9-10-39-43(24-37)61(2)60-47(39)40-11-12-44(67)57-51(40)68/h4-6,9-10,23-26,32,35-36,40,56,66H,3,7-8,11-22,27-31H2,1-2H3,(H,57,67,68).